The zero-order chi connectivity index (χ0) is 28.2. The van der Waals surface area contributed by atoms with Crippen LogP contribution in [0.4, 0.5) is 4.79 Å². The van der Waals surface area contributed by atoms with Crippen LogP contribution in [0.5, 0.6) is 0 Å². The molecule has 1 aliphatic heterocycles. The standard InChI is InChI=1S/C31H41NO8/c1-3-32-31(34)37-21-26-27(38-22(2)33)28(35-19-23-13-7-4-8-14-23)29(36-20-24-15-9-5-10-16-24)30(40-26)39-25-17-11-6-12-18-25/h4-5,7-10,13-16,25-30H,3,6,11-12,17-21H2,1-2H3,(H,32,34)/t26-,27-,28+,29-,30-/m1/s1. The highest BCUT2D eigenvalue weighted by molar-refractivity contribution is 5.67. The first-order valence-electron chi connectivity index (χ1n) is 14.2. The largest absolute Gasteiger partial charge is 0.457 e. The minimum absolute atomic E-state index is 0.00609. The van der Waals surface area contributed by atoms with Crippen molar-refractivity contribution in [2.24, 2.45) is 0 Å². The quantitative estimate of drug-likeness (QED) is 0.369. The van der Waals surface area contributed by atoms with Gasteiger partial charge in [0.1, 0.15) is 24.9 Å². The minimum atomic E-state index is -0.900. The molecule has 4 rings (SSSR count). The van der Waals surface area contributed by atoms with Crippen molar-refractivity contribution in [1.29, 1.82) is 0 Å². The lowest BCUT2D eigenvalue weighted by Gasteiger charge is -2.46. The highest BCUT2D eigenvalue weighted by Gasteiger charge is 2.51. The number of amides is 1. The zero-order valence-corrected chi connectivity index (χ0v) is 23.4. The van der Waals surface area contributed by atoms with E-state index in [-0.39, 0.29) is 25.9 Å². The molecule has 1 amide bonds. The molecule has 1 saturated carbocycles. The fourth-order valence-corrected chi connectivity index (χ4v) is 5.10. The van der Waals surface area contributed by atoms with Crippen molar-refractivity contribution in [2.75, 3.05) is 13.2 Å². The van der Waals surface area contributed by atoms with Gasteiger partial charge in [0.25, 0.3) is 0 Å². The van der Waals surface area contributed by atoms with Gasteiger partial charge in [-0.05, 0) is 30.9 Å². The summed E-state index contributed by atoms with van der Waals surface area (Å²) in [5, 5.41) is 2.61. The van der Waals surface area contributed by atoms with E-state index in [9.17, 15) is 9.59 Å². The Hall–Kier alpha value is -2.98. The van der Waals surface area contributed by atoms with Gasteiger partial charge in [-0.25, -0.2) is 4.79 Å². The molecule has 1 saturated heterocycles. The number of ether oxygens (including phenoxy) is 6. The molecular weight excluding hydrogens is 514 g/mol. The first-order valence-corrected chi connectivity index (χ1v) is 14.2. The van der Waals surface area contributed by atoms with Crippen LogP contribution in [0.2, 0.25) is 0 Å². The Bertz CT molecular complexity index is 1030. The molecule has 0 aromatic heterocycles. The summed E-state index contributed by atoms with van der Waals surface area (Å²) in [6, 6.07) is 19.6. The van der Waals surface area contributed by atoms with Gasteiger partial charge in [-0.1, -0.05) is 79.9 Å². The summed E-state index contributed by atoms with van der Waals surface area (Å²) in [6.07, 6.45) is 0.619. The van der Waals surface area contributed by atoms with E-state index in [4.69, 9.17) is 28.4 Å². The minimum Gasteiger partial charge on any atom is -0.457 e. The molecule has 0 spiro atoms. The van der Waals surface area contributed by atoms with E-state index in [1.807, 2.05) is 60.7 Å². The molecular formula is C31H41NO8. The lowest BCUT2D eigenvalue weighted by Crippen LogP contribution is -2.62. The second kappa shape index (κ2) is 15.7. The zero-order valence-electron chi connectivity index (χ0n) is 23.4. The van der Waals surface area contributed by atoms with Crippen molar-refractivity contribution in [3.8, 4) is 0 Å². The van der Waals surface area contributed by atoms with Gasteiger partial charge < -0.3 is 33.7 Å². The Balaban J connectivity index is 1.62. The molecule has 2 aliphatic rings. The van der Waals surface area contributed by atoms with E-state index >= 15 is 0 Å². The molecule has 1 N–H and O–H groups in total. The summed E-state index contributed by atoms with van der Waals surface area (Å²) in [5.41, 5.74) is 1.93. The van der Waals surface area contributed by atoms with Crippen LogP contribution in [0.25, 0.3) is 0 Å². The summed E-state index contributed by atoms with van der Waals surface area (Å²) >= 11 is 0. The Morgan fingerprint density at radius 2 is 1.45 bits per heavy atom. The van der Waals surface area contributed by atoms with Crippen molar-refractivity contribution in [3.05, 3.63) is 71.8 Å². The molecule has 0 radical (unpaired) electrons. The van der Waals surface area contributed by atoms with Crippen LogP contribution in [-0.2, 0) is 46.4 Å². The lowest BCUT2D eigenvalue weighted by molar-refractivity contribution is -0.330. The summed E-state index contributed by atoms with van der Waals surface area (Å²) in [7, 11) is 0. The molecule has 1 aliphatic carbocycles. The van der Waals surface area contributed by atoms with Crippen LogP contribution in [-0.4, -0.2) is 62.0 Å². The van der Waals surface area contributed by atoms with E-state index in [1.54, 1.807) is 6.92 Å². The number of esters is 1. The number of carbonyl (C=O) groups excluding carboxylic acids is 2. The van der Waals surface area contributed by atoms with E-state index < -0.39 is 42.8 Å². The van der Waals surface area contributed by atoms with Crippen LogP contribution in [0.3, 0.4) is 0 Å². The van der Waals surface area contributed by atoms with E-state index in [0.29, 0.717) is 6.54 Å². The predicted molar refractivity (Wildman–Crippen MR) is 147 cm³/mol. The number of rotatable bonds is 12. The first-order chi connectivity index (χ1) is 19.5. The Morgan fingerprint density at radius 1 is 0.850 bits per heavy atom. The average molecular weight is 556 g/mol. The van der Waals surface area contributed by atoms with Crippen LogP contribution in [0, 0.1) is 0 Å². The Kier molecular flexibility index (Phi) is 11.8. The summed E-state index contributed by atoms with van der Waals surface area (Å²) in [5.74, 6) is -0.502. The summed E-state index contributed by atoms with van der Waals surface area (Å²) < 4.78 is 37.1. The van der Waals surface area contributed by atoms with Gasteiger partial charge in [-0.3, -0.25) is 4.79 Å². The molecule has 0 bridgehead atoms. The smallest absolute Gasteiger partial charge is 0.407 e. The van der Waals surface area contributed by atoms with Gasteiger partial charge in [0, 0.05) is 13.5 Å². The third kappa shape index (κ3) is 9.02. The molecule has 5 atom stereocenters. The average Bonchev–Trinajstić information content (AvgIpc) is 2.97. The number of nitrogens with one attached hydrogen (secondary N) is 1. The topological polar surface area (TPSA) is 102 Å². The molecule has 2 aromatic rings. The van der Waals surface area contributed by atoms with Gasteiger partial charge in [0.2, 0.25) is 0 Å². The van der Waals surface area contributed by atoms with E-state index in [1.165, 1.54) is 13.3 Å². The number of alkyl carbamates (subject to hydrolysis) is 1. The predicted octanol–water partition coefficient (Wildman–Crippen LogP) is 4.91. The van der Waals surface area contributed by atoms with Crippen LogP contribution >= 0.6 is 0 Å². The normalized spacial score (nSPS) is 25.2. The third-order valence-electron chi connectivity index (χ3n) is 7.04. The van der Waals surface area contributed by atoms with Crippen molar-refractivity contribution in [1.82, 2.24) is 5.32 Å². The van der Waals surface area contributed by atoms with Crippen LogP contribution in [0.15, 0.2) is 60.7 Å². The molecule has 1 heterocycles. The maximum atomic E-state index is 12.3. The highest BCUT2D eigenvalue weighted by Crippen LogP contribution is 2.33. The molecule has 0 unspecified atom stereocenters. The van der Waals surface area contributed by atoms with Crippen LogP contribution in [0.1, 0.15) is 57.1 Å². The molecule has 9 heteroatoms. The van der Waals surface area contributed by atoms with Crippen molar-refractivity contribution < 1.29 is 38.0 Å². The Labute approximate surface area is 236 Å². The van der Waals surface area contributed by atoms with Crippen molar-refractivity contribution >= 4 is 12.1 Å². The number of carbonyl (C=O) groups is 2. The summed E-state index contributed by atoms with van der Waals surface area (Å²) in [6.45, 7) is 3.96. The SMILES string of the molecule is CCNC(=O)OC[C@H]1O[C@@H](OC2CCCCC2)[C@H](OCc2ccccc2)[C@@H](OCc2ccccc2)[C@@H]1OC(C)=O. The van der Waals surface area contributed by atoms with Gasteiger partial charge >= 0.3 is 12.1 Å². The maximum absolute atomic E-state index is 12.3. The van der Waals surface area contributed by atoms with E-state index in [0.717, 1.165) is 36.8 Å². The van der Waals surface area contributed by atoms with E-state index in [2.05, 4.69) is 5.32 Å². The van der Waals surface area contributed by atoms with Gasteiger partial charge in [0.05, 0.1) is 19.3 Å². The lowest BCUT2D eigenvalue weighted by atomic mass is 9.96. The highest BCUT2D eigenvalue weighted by atomic mass is 16.7. The number of hydrogen-bond donors (Lipinski definition) is 1. The summed E-state index contributed by atoms with van der Waals surface area (Å²) in [4.78, 5) is 24.4. The maximum Gasteiger partial charge on any atom is 0.407 e. The first kappa shape index (κ1) is 30.0. The van der Waals surface area contributed by atoms with Crippen molar-refractivity contribution in [2.45, 2.75) is 96.0 Å². The fourth-order valence-electron chi connectivity index (χ4n) is 5.10. The molecule has 2 aromatic carbocycles. The Morgan fingerprint density at radius 3 is 2.02 bits per heavy atom. The fraction of sp³-hybridized carbons (Fsp3) is 0.548. The molecule has 9 nitrogen and oxygen atoms in total. The van der Waals surface area contributed by atoms with Gasteiger partial charge in [0.15, 0.2) is 12.4 Å². The number of benzene rings is 2. The second-order valence-corrected chi connectivity index (χ2v) is 10.2. The van der Waals surface area contributed by atoms with Crippen LogP contribution < -0.4 is 5.32 Å². The second-order valence-electron chi connectivity index (χ2n) is 10.2. The number of hydrogen-bond acceptors (Lipinski definition) is 8. The molecule has 2 fully saturated rings. The molecule has 40 heavy (non-hydrogen) atoms. The molecule has 218 valence electrons. The monoisotopic (exact) mass is 555 g/mol. The van der Waals surface area contributed by atoms with Gasteiger partial charge in [-0.15, -0.1) is 0 Å². The van der Waals surface area contributed by atoms with Crippen molar-refractivity contribution in [3.63, 3.8) is 0 Å². The van der Waals surface area contributed by atoms with Gasteiger partial charge in [-0.2, -0.15) is 0 Å². The third-order valence-corrected chi connectivity index (χ3v) is 7.04.